The molecule has 5 heterocycles. The molecule has 1 aliphatic rings. The lowest BCUT2D eigenvalue weighted by Gasteiger charge is -2.33. The summed E-state index contributed by atoms with van der Waals surface area (Å²) in [6, 6.07) is 6.33. The third-order valence-corrected chi connectivity index (χ3v) is 6.26. The van der Waals surface area contributed by atoms with Gasteiger partial charge < -0.3 is 9.80 Å². The molecule has 0 unspecified atom stereocenters. The highest BCUT2D eigenvalue weighted by Crippen LogP contribution is 2.23. The molecule has 1 aliphatic heterocycles. The number of pyridine rings is 2. The number of aryl methyl sites for hydroxylation is 4. The van der Waals surface area contributed by atoms with Crippen molar-refractivity contribution < 1.29 is 0 Å². The van der Waals surface area contributed by atoms with E-state index >= 15 is 0 Å². The first-order valence-corrected chi connectivity index (χ1v) is 11.2. The normalized spacial score (nSPS) is 14.9. The van der Waals surface area contributed by atoms with Crippen LogP contribution in [0.4, 0.5) is 5.82 Å². The third kappa shape index (κ3) is 4.08. The zero-order valence-corrected chi connectivity index (χ0v) is 19.0. The molecule has 0 N–H and O–H groups in total. The van der Waals surface area contributed by atoms with E-state index in [0.717, 1.165) is 73.1 Å². The van der Waals surface area contributed by atoms with E-state index in [1.54, 1.807) is 0 Å². The van der Waals surface area contributed by atoms with Gasteiger partial charge in [-0.15, -0.1) is 0 Å². The second kappa shape index (κ2) is 8.67. The van der Waals surface area contributed by atoms with Crippen LogP contribution in [0.5, 0.6) is 0 Å². The minimum absolute atomic E-state index is 0.832. The fourth-order valence-corrected chi connectivity index (χ4v) is 4.43. The Labute approximate surface area is 188 Å². The van der Waals surface area contributed by atoms with Crippen LogP contribution in [-0.4, -0.2) is 62.5 Å². The Hall–Kier alpha value is -3.32. The molecule has 7 nitrogen and oxygen atoms in total. The summed E-state index contributed by atoms with van der Waals surface area (Å²) in [6.45, 7) is 8.33. The summed E-state index contributed by atoms with van der Waals surface area (Å²) in [6.07, 6.45) is 11.4. The van der Waals surface area contributed by atoms with Crippen LogP contribution >= 0.6 is 0 Å². The Bertz CT molecular complexity index is 1240. The van der Waals surface area contributed by atoms with Gasteiger partial charge >= 0.3 is 0 Å². The number of piperazine rings is 1. The number of hydrogen-bond donors (Lipinski definition) is 0. The Morgan fingerprint density at radius 2 is 1.72 bits per heavy atom. The van der Waals surface area contributed by atoms with Crippen LogP contribution in [0.15, 0.2) is 49.2 Å². The summed E-state index contributed by atoms with van der Waals surface area (Å²) in [5, 5.41) is 0. The monoisotopic (exact) mass is 427 g/mol. The van der Waals surface area contributed by atoms with Crippen molar-refractivity contribution in [3.05, 3.63) is 71.7 Å². The zero-order valence-electron chi connectivity index (χ0n) is 19.0. The van der Waals surface area contributed by atoms with Crippen molar-refractivity contribution >= 4 is 11.5 Å². The number of imidazole rings is 1. The van der Waals surface area contributed by atoms with Crippen molar-refractivity contribution in [3.8, 4) is 11.3 Å². The second-order valence-electron chi connectivity index (χ2n) is 8.67. The molecular weight excluding hydrogens is 398 g/mol. The van der Waals surface area contributed by atoms with Crippen molar-refractivity contribution in [2.24, 2.45) is 0 Å². The molecule has 0 bridgehead atoms. The molecule has 1 saturated heterocycles. The van der Waals surface area contributed by atoms with E-state index < -0.39 is 0 Å². The fourth-order valence-electron chi connectivity index (χ4n) is 4.43. The van der Waals surface area contributed by atoms with Crippen LogP contribution in [-0.2, 0) is 12.8 Å². The molecule has 32 heavy (non-hydrogen) atoms. The van der Waals surface area contributed by atoms with Gasteiger partial charge in [-0.25, -0.2) is 4.98 Å². The van der Waals surface area contributed by atoms with Crippen molar-refractivity contribution in [3.63, 3.8) is 0 Å². The first-order chi connectivity index (χ1) is 15.6. The Morgan fingerprint density at radius 3 is 2.50 bits per heavy atom. The molecule has 0 aromatic carbocycles. The lowest BCUT2D eigenvalue weighted by Crippen LogP contribution is -2.44. The van der Waals surface area contributed by atoms with Crippen LogP contribution in [0.1, 0.15) is 22.5 Å². The number of aromatic nitrogens is 5. The number of anilines is 1. The second-order valence-corrected chi connectivity index (χ2v) is 8.67. The van der Waals surface area contributed by atoms with Gasteiger partial charge in [0.1, 0.15) is 5.82 Å². The maximum Gasteiger partial charge on any atom is 0.160 e. The topological polar surface area (TPSA) is 62.5 Å². The van der Waals surface area contributed by atoms with Crippen LogP contribution in [0.3, 0.4) is 0 Å². The van der Waals surface area contributed by atoms with Gasteiger partial charge in [0.25, 0.3) is 0 Å². The Balaban J connectivity index is 1.34. The summed E-state index contributed by atoms with van der Waals surface area (Å²) in [5.74, 6) is 1.16. The van der Waals surface area contributed by atoms with Gasteiger partial charge in [0.05, 0.1) is 17.6 Å². The van der Waals surface area contributed by atoms with Gasteiger partial charge in [0.15, 0.2) is 5.65 Å². The van der Waals surface area contributed by atoms with Crippen LogP contribution in [0.2, 0.25) is 0 Å². The summed E-state index contributed by atoms with van der Waals surface area (Å²) in [4.78, 5) is 23.2. The van der Waals surface area contributed by atoms with E-state index in [1.165, 1.54) is 11.1 Å². The highest BCUT2D eigenvalue weighted by atomic mass is 15.3. The molecule has 0 amide bonds. The number of likely N-dealkylation sites (N-methyl/N-ethyl adjacent to an activating group) is 1. The first kappa shape index (κ1) is 20.6. The van der Waals surface area contributed by atoms with Gasteiger partial charge in [0.2, 0.25) is 0 Å². The van der Waals surface area contributed by atoms with Gasteiger partial charge in [-0.05, 0) is 57.0 Å². The molecule has 164 valence electrons. The Kier molecular flexibility index (Phi) is 5.57. The van der Waals surface area contributed by atoms with Gasteiger partial charge in [-0.3, -0.25) is 19.4 Å². The molecule has 0 atom stereocenters. The minimum atomic E-state index is 0.832. The largest absolute Gasteiger partial charge is 0.354 e. The van der Waals surface area contributed by atoms with Crippen LogP contribution in [0, 0.1) is 13.8 Å². The SMILES string of the molecule is Cc1cc(-c2ncc(CCc3nccn4c(N5CCN(C)CC5)cnc34)cc2C)ccn1. The fraction of sp³-hybridized carbons (Fsp3) is 0.360. The molecule has 0 radical (unpaired) electrons. The molecule has 4 aromatic rings. The Morgan fingerprint density at radius 1 is 0.875 bits per heavy atom. The predicted octanol–water partition coefficient (Wildman–Crippen LogP) is 3.34. The van der Waals surface area contributed by atoms with Crippen molar-refractivity contribution in [1.82, 2.24) is 29.2 Å². The van der Waals surface area contributed by atoms with Crippen molar-refractivity contribution in [2.75, 3.05) is 38.1 Å². The molecule has 1 fully saturated rings. The third-order valence-electron chi connectivity index (χ3n) is 6.26. The van der Waals surface area contributed by atoms with Crippen molar-refractivity contribution in [2.45, 2.75) is 26.7 Å². The maximum absolute atomic E-state index is 4.76. The zero-order chi connectivity index (χ0) is 22.1. The molecule has 0 spiro atoms. The van der Waals surface area contributed by atoms with E-state index in [9.17, 15) is 0 Å². The summed E-state index contributed by atoms with van der Waals surface area (Å²) in [5.41, 5.74) is 7.51. The number of nitrogens with zero attached hydrogens (tertiary/aromatic N) is 7. The van der Waals surface area contributed by atoms with Gasteiger partial charge in [-0.2, -0.15) is 0 Å². The van der Waals surface area contributed by atoms with Crippen LogP contribution < -0.4 is 4.90 Å². The molecule has 5 rings (SSSR count). The molecule has 0 saturated carbocycles. The lowest BCUT2D eigenvalue weighted by molar-refractivity contribution is 0.312. The van der Waals surface area contributed by atoms with Crippen LogP contribution in [0.25, 0.3) is 16.9 Å². The predicted molar refractivity (Wildman–Crippen MR) is 127 cm³/mol. The van der Waals surface area contributed by atoms with Crippen molar-refractivity contribution in [1.29, 1.82) is 0 Å². The number of hydrogen-bond acceptors (Lipinski definition) is 6. The van der Waals surface area contributed by atoms with E-state index in [1.807, 2.05) is 44.0 Å². The number of rotatable bonds is 5. The van der Waals surface area contributed by atoms with E-state index in [2.05, 4.69) is 50.3 Å². The first-order valence-electron chi connectivity index (χ1n) is 11.2. The lowest BCUT2D eigenvalue weighted by atomic mass is 10.0. The quantitative estimate of drug-likeness (QED) is 0.487. The van der Waals surface area contributed by atoms with Gasteiger partial charge in [-0.1, -0.05) is 6.07 Å². The van der Waals surface area contributed by atoms with E-state index in [-0.39, 0.29) is 0 Å². The summed E-state index contributed by atoms with van der Waals surface area (Å²) >= 11 is 0. The molecule has 4 aromatic heterocycles. The highest BCUT2D eigenvalue weighted by molar-refractivity contribution is 5.63. The highest BCUT2D eigenvalue weighted by Gasteiger charge is 2.18. The average Bonchev–Trinajstić information content (AvgIpc) is 3.23. The molecular formula is C25H29N7. The van der Waals surface area contributed by atoms with E-state index in [4.69, 9.17) is 9.97 Å². The maximum atomic E-state index is 4.76. The molecule has 0 aliphatic carbocycles. The number of fused-ring (bicyclic) bond motifs is 1. The average molecular weight is 428 g/mol. The minimum Gasteiger partial charge on any atom is -0.354 e. The summed E-state index contributed by atoms with van der Waals surface area (Å²) < 4.78 is 2.19. The summed E-state index contributed by atoms with van der Waals surface area (Å²) in [7, 11) is 2.18. The smallest absolute Gasteiger partial charge is 0.160 e. The van der Waals surface area contributed by atoms with E-state index in [0.29, 0.717) is 0 Å². The van der Waals surface area contributed by atoms with Gasteiger partial charge in [0, 0.05) is 62.2 Å². The molecule has 7 heteroatoms. The standard InChI is InChI=1S/C25H29N7/c1-18-14-20(16-28-24(18)21-6-7-26-19(2)15-21)4-5-22-25-29-17-23(32(25)9-8-27-22)31-12-10-30(3)11-13-31/h6-9,14-17H,4-5,10-13H2,1-3H3.